The summed E-state index contributed by atoms with van der Waals surface area (Å²) < 4.78 is 0.806. The first-order valence-corrected chi connectivity index (χ1v) is 6.78. The molecule has 0 fully saturated rings. The van der Waals surface area contributed by atoms with Crippen molar-refractivity contribution in [3.8, 4) is 6.07 Å². The van der Waals surface area contributed by atoms with Crippen molar-refractivity contribution in [2.45, 2.75) is 9.92 Å². The smallest absolute Gasteiger partial charge is 0.337 e. The number of aromatic nitrogens is 1. The second-order valence-electron chi connectivity index (χ2n) is 3.55. The van der Waals surface area contributed by atoms with Gasteiger partial charge in [-0.05, 0) is 46.3 Å². The van der Waals surface area contributed by atoms with E-state index in [4.69, 9.17) is 10.4 Å². The van der Waals surface area contributed by atoms with Crippen LogP contribution in [0.5, 0.6) is 0 Å². The molecule has 2 aromatic rings. The lowest BCUT2D eigenvalue weighted by atomic mass is 10.2. The zero-order chi connectivity index (χ0) is 13.8. The van der Waals surface area contributed by atoms with Gasteiger partial charge in [-0.2, -0.15) is 5.26 Å². The maximum Gasteiger partial charge on any atom is 0.337 e. The summed E-state index contributed by atoms with van der Waals surface area (Å²) in [7, 11) is 0. The number of carboxylic acid groups (broad SMARTS) is 1. The minimum absolute atomic E-state index is 0.156. The summed E-state index contributed by atoms with van der Waals surface area (Å²) in [6.45, 7) is 0. The number of pyridine rings is 1. The van der Waals surface area contributed by atoms with E-state index in [1.165, 1.54) is 24.0 Å². The van der Waals surface area contributed by atoms with E-state index < -0.39 is 5.97 Å². The molecular weight excluding hydrogens is 328 g/mol. The summed E-state index contributed by atoms with van der Waals surface area (Å²) >= 11 is 4.78. The fraction of sp³-hybridized carbons (Fsp3) is 0. The van der Waals surface area contributed by atoms with Gasteiger partial charge in [0.2, 0.25) is 0 Å². The molecule has 0 unspecified atom stereocenters. The number of nitrogens with zero attached hydrogens (tertiary/aromatic N) is 2. The largest absolute Gasteiger partial charge is 0.478 e. The Kier molecular flexibility index (Phi) is 4.20. The van der Waals surface area contributed by atoms with Gasteiger partial charge >= 0.3 is 5.97 Å². The molecule has 4 nitrogen and oxygen atoms in total. The topological polar surface area (TPSA) is 74.0 Å². The first-order chi connectivity index (χ1) is 9.10. The molecule has 1 N–H and O–H groups in total. The van der Waals surface area contributed by atoms with Gasteiger partial charge in [-0.3, -0.25) is 0 Å². The molecule has 19 heavy (non-hydrogen) atoms. The molecule has 0 amide bonds. The Morgan fingerprint density at radius 2 is 2.16 bits per heavy atom. The minimum Gasteiger partial charge on any atom is -0.478 e. The maximum atomic E-state index is 10.7. The fourth-order valence-corrected chi connectivity index (χ4v) is 2.71. The minimum atomic E-state index is -0.997. The molecular formula is C13H7BrN2O2S. The third kappa shape index (κ3) is 3.34. The summed E-state index contributed by atoms with van der Waals surface area (Å²) in [4.78, 5) is 15.7. The van der Waals surface area contributed by atoms with Crippen LogP contribution in [0.3, 0.4) is 0 Å². The predicted molar refractivity (Wildman–Crippen MR) is 74.2 cm³/mol. The Morgan fingerprint density at radius 3 is 2.68 bits per heavy atom. The van der Waals surface area contributed by atoms with Crippen LogP contribution in [-0.2, 0) is 0 Å². The second-order valence-corrected chi connectivity index (χ2v) is 5.47. The van der Waals surface area contributed by atoms with Crippen LogP contribution >= 0.6 is 27.7 Å². The number of hydrogen-bond acceptors (Lipinski definition) is 4. The zero-order valence-corrected chi connectivity index (χ0v) is 11.9. The standard InChI is InChI=1S/C13H7BrN2O2S/c14-10-5-8(6-15)1-3-11(10)19-12-4-2-9(7-16-12)13(17)18/h1-5,7H,(H,17,18). The average molecular weight is 335 g/mol. The highest BCUT2D eigenvalue weighted by Gasteiger charge is 2.07. The van der Waals surface area contributed by atoms with Gasteiger partial charge in [0.25, 0.3) is 0 Å². The number of rotatable bonds is 3. The molecule has 0 aliphatic heterocycles. The Morgan fingerprint density at radius 1 is 1.37 bits per heavy atom. The van der Waals surface area contributed by atoms with E-state index >= 15 is 0 Å². The summed E-state index contributed by atoms with van der Waals surface area (Å²) in [5.74, 6) is -0.997. The van der Waals surface area contributed by atoms with Crippen LogP contribution in [0.2, 0.25) is 0 Å². The van der Waals surface area contributed by atoms with E-state index in [9.17, 15) is 4.79 Å². The van der Waals surface area contributed by atoms with Gasteiger partial charge < -0.3 is 5.11 Å². The third-order valence-corrected chi connectivity index (χ3v) is 4.20. The van der Waals surface area contributed by atoms with Gasteiger partial charge in [0, 0.05) is 15.6 Å². The molecule has 0 spiro atoms. The highest BCUT2D eigenvalue weighted by atomic mass is 79.9. The van der Waals surface area contributed by atoms with Gasteiger partial charge in [-0.25, -0.2) is 9.78 Å². The van der Waals surface area contributed by atoms with E-state index in [0.29, 0.717) is 10.6 Å². The molecule has 2 rings (SSSR count). The lowest BCUT2D eigenvalue weighted by molar-refractivity contribution is 0.0696. The summed E-state index contributed by atoms with van der Waals surface area (Å²) in [5, 5.41) is 18.3. The van der Waals surface area contributed by atoms with E-state index in [2.05, 4.69) is 27.0 Å². The van der Waals surface area contributed by atoms with E-state index in [0.717, 1.165) is 9.37 Å². The average Bonchev–Trinajstić information content (AvgIpc) is 2.41. The van der Waals surface area contributed by atoms with Crippen molar-refractivity contribution in [2.75, 3.05) is 0 Å². The summed E-state index contributed by atoms with van der Waals surface area (Å²) in [6, 6.07) is 10.5. The van der Waals surface area contributed by atoms with Crippen LogP contribution in [0.4, 0.5) is 0 Å². The zero-order valence-electron chi connectivity index (χ0n) is 9.50. The van der Waals surface area contributed by atoms with Crippen LogP contribution in [0.1, 0.15) is 15.9 Å². The lowest BCUT2D eigenvalue weighted by Gasteiger charge is -2.04. The normalized spacial score (nSPS) is 9.89. The van der Waals surface area contributed by atoms with Gasteiger partial charge in [-0.15, -0.1) is 0 Å². The lowest BCUT2D eigenvalue weighted by Crippen LogP contribution is -1.96. The predicted octanol–water partition coefficient (Wildman–Crippen LogP) is 3.57. The summed E-state index contributed by atoms with van der Waals surface area (Å²) in [6.07, 6.45) is 1.32. The molecule has 94 valence electrons. The molecule has 0 atom stereocenters. The van der Waals surface area contributed by atoms with Gasteiger partial charge in [0.15, 0.2) is 0 Å². The number of halogens is 1. The van der Waals surface area contributed by atoms with E-state index in [1.807, 2.05) is 6.07 Å². The molecule has 1 aromatic heterocycles. The number of hydrogen-bond donors (Lipinski definition) is 1. The monoisotopic (exact) mass is 334 g/mol. The van der Waals surface area contributed by atoms with Gasteiger partial charge in [0.1, 0.15) is 5.03 Å². The molecule has 0 saturated heterocycles. The quantitative estimate of drug-likeness (QED) is 0.928. The van der Waals surface area contributed by atoms with Crippen molar-refractivity contribution in [3.05, 3.63) is 52.1 Å². The highest BCUT2D eigenvalue weighted by Crippen LogP contribution is 2.32. The van der Waals surface area contributed by atoms with Crippen LogP contribution in [0, 0.1) is 11.3 Å². The van der Waals surface area contributed by atoms with E-state index in [1.54, 1.807) is 18.2 Å². The molecule has 0 aliphatic rings. The SMILES string of the molecule is N#Cc1ccc(Sc2ccc(C(=O)O)cn2)c(Br)c1. The maximum absolute atomic E-state index is 10.7. The number of benzene rings is 1. The van der Waals surface area contributed by atoms with Crippen molar-refractivity contribution in [2.24, 2.45) is 0 Å². The highest BCUT2D eigenvalue weighted by molar-refractivity contribution is 9.10. The summed E-state index contributed by atoms with van der Waals surface area (Å²) in [5.41, 5.74) is 0.730. The Hall–Kier alpha value is -1.84. The molecule has 1 aromatic carbocycles. The number of aromatic carboxylic acids is 1. The fourth-order valence-electron chi connectivity index (χ4n) is 1.33. The second kappa shape index (κ2) is 5.87. The molecule has 6 heteroatoms. The van der Waals surface area contributed by atoms with Crippen LogP contribution in [0.15, 0.2) is 50.9 Å². The number of nitriles is 1. The third-order valence-electron chi connectivity index (χ3n) is 2.26. The first kappa shape index (κ1) is 13.6. The van der Waals surface area contributed by atoms with Crippen molar-refractivity contribution in [1.82, 2.24) is 4.98 Å². The Balaban J connectivity index is 2.22. The van der Waals surface area contributed by atoms with Crippen LogP contribution < -0.4 is 0 Å². The van der Waals surface area contributed by atoms with Gasteiger partial charge in [0.05, 0.1) is 17.2 Å². The van der Waals surface area contributed by atoms with Crippen LogP contribution in [-0.4, -0.2) is 16.1 Å². The number of carboxylic acids is 1. The first-order valence-electron chi connectivity index (χ1n) is 5.17. The number of carbonyl (C=O) groups is 1. The molecule has 0 aliphatic carbocycles. The van der Waals surface area contributed by atoms with Crippen molar-refractivity contribution in [3.63, 3.8) is 0 Å². The Bertz CT molecular complexity index is 665. The van der Waals surface area contributed by atoms with E-state index in [-0.39, 0.29) is 5.56 Å². The molecule has 1 heterocycles. The van der Waals surface area contributed by atoms with Gasteiger partial charge in [-0.1, -0.05) is 11.8 Å². The van der Waals surface area contributed by atoms with Crippen molar-refractivity contribution < 1.29 is 9.90 Å². The molecule has 0 bridgehead atoms. The van der Waals surface area contributed by atoms with Crippen molar-refractivity contribution >= 4 is 33.7 Å². The molecule has 0 saturated carbocycles. The Labute approximate surface area is 122 Å². The van der Waals surface area contributed by atoms with Crippen LogP contribution in [0.25, 0.3) is 0 Å². The molecule has 0 radical (unpaired) electrons. The van der Waals surface area contributed by atoms with Crippen molar-refractivity contribution in [1.29, 1.82) is 5.26 Å².